The van der Waals surface area contributed by atoms with E-state index in [1.165, 1.54) is 5.56 Å². The minimum absolute atomic E-state index is 0.826. The van der Waals surface area contributed by atoms with Gasteiger partial charge in [0.2, 0.25) is 0 Å². The maximum Gasteiger partial charge on any atom is 0.0594 e. The minimum Gasteiger partial charge on any atom is -0.397 e. The van der Waals surface area contributed by atoms with Gasteiger partial charge in [-0.3, -0.25) is 4.90 Å². The molecule has 1 aliphatic rings. The zero-order valence-electron chi connectivity index (χ0n) is 11.1. The van der Waals surface area contributed by atoms with Crippen LogP contribution in [0, 0.1) is 6.92 Å². The summed E-state index contributed by atoms with van der Waals surface area (Å²) in [7, 11) is 0. The van der Waals surface area contributed by atoms with E-state index in [-0.39, 0.29) is 0 Å². The topological polar surface area (TPSA) is 50.5 Å². The number of aryl methyl sites for hydroxylation is 1. The van der Waals surface area contributed by atoms with Gasteiger partial charge in [-0.05, 0) is 37.6 Å². The molecule has 18 heavy (non-hydrogen) atoms. The van der Waals surface area contributed by atoms with Gasteiger partial charge in [-0.15, -0.1) is 0 Å². The highest BCUT2D eigenvalue weighted by Crippen LogP contribution is 2.19. The summed E-state index contributed by atoms with van der Waals surface area (Å²) in [6.45, 7) is 8.04. The number of nitrogens with zero attached hydrogens (tertiary/aromatic N) is 1. The van der Waals surface area contributed by atoms with Crippen LogP contribution >= 0.6 is 0 Å². The molecule has 2 rings (SSSR count). The summed E-state index contributed by atoms with van der Waals surface area (Å²) in [5, 5.41) is 3.41. The number of hydrogen-bond donors (Lipinski definition) is 2. The van der Waals surface area contributed by atoms with Crippen molar-refractivity contribution in [3.8, 4) is 0 Å². The lowest BCUT2D eigenvalue weighted by molar-refractivity contribution is 0.0378. The molecule has 0 atom stereocenters. The Bertz CT molecular complexity index is 375. The van der Waals surface area contributed by atoms with Crippen LogP contribution in [0.3, 0.4) is 0 Å². The third kappa shape index (κ3) is 3.89. The van der Waals surface area contributed by atoms with Crippen LogP contribution < -0.4 is 11.1 Å². The van der Waals surface area contributed by atoms with Gasteiger partial charge in [-0.1, -0.05) is 6.07 Å². The normalized spacial score (nSPS) is 16.7. The maximum absolute atomic E-state index is 5.93. The second-order valence-electron chi connectivity index (χ2n) is 4.83. The molecule has 100 valence electrons. The molecule has 0 amide bonds. The van der Waals surface area contributed by atoms with Crippen molar-refractivity contribution in [2.24, 2.45) is 0 Å². The van der Waals surface area contributed by atoms with Crippen molar-refractivity contribution in [2.45, 2.75) is 13.3 Å². The van der Waals surface area contributed by atoms with Crippen molar-refractivity contribution in [3.63, 3.8) is 0 Å². The van der Waals surface area contributed by atoms with Crippen LogP contribution in [0.2, 0.25) is 0 Å². The van der Waals surface area contributed by atoms with Crippen LogP contribution in [0.1, 0.15) is 12.0 Å². The summed E-state index contributed by atoms with van der Waals surface area (Å²) in [4.78, 5) is 2.45. The summed E-state index contributed by atoms with van der Waals surface area (Å²) in [6.07, 6.45) is 1.13. The molecule has 0 aliphatic carbocycles. The first-order valence-electron chi connectivity index (χ1n) is 6.66. The fourth-order valence-electron chi connectivity index (χ4n) is 2.17. The van der Waals surface area contributed by atoms with Gasteiger partial charge in [0, 0.05) is 19.6 Å². The van der Waals surface area contributed by atoms with E-state index in [4.69, 9.17) is 10.5 Å². The molecule has 1 aromatic rings. The molecule has 1 aromatic carbocycles. The zero-order valence-corrected chi connectivity index (χ0v) is 11.1. The Balaban J connectivity index is 1.69. The molecule has 4 heteroatoms. The molecular weight excluding hydrogens is 226 g/mol. The number of hydrogen-bond acceptors (Lipinski definition) is 4. The number of benzene rings is 1. The van der Waals surface area contributed by atoms with Gasteiger partial charge in [-0.2, -0.15) is 0 Å². The van der Waals surface area contributed by atoms with Gasteiger partial charge >= 0.3 is 0 Å². The molecule has 0 aromatic heterocycles. The Morgan fingerprint density at radius 2 is 2.11 bits per heavy atom. The largest absolute Gasteiger partial charge is 0.397 e. The molecule has 1 aliphatic heterocycles. The van der Waals surface area contributed by atoms with Crippen LogP contribution in [0.5, 0.6) is 0 Å². The highest BCUT2D eigenvalue weighted by Gasteiger charge is 2.09. The maximum atomic E-state index is 5.93. The molecule has 0 bridgehead atoms. The lowest BCUT2D eigenvalue weighted by atomic mass is 10.2. The van der Waals surface area contributed by atoms with E-state index in [1.54, 1.807) is 0 Å². The van der Waals surface area contributed by atoms with E-state index in [0.29, 0.717) is 0 Å². The Morgan fingerprint density at radius 3 is 2.89 bits per heavy atom. The molecule has 1 heterocycles. The van der Waals surface area contributed by atoms with Gasteiger partial charge in [0.1, 0.15) is 0 Å². The van der Waals surface area contributed by atoms with E-state index in [9.17, 15) is 0 Å². The van der Waals surface area contributed by atoms with E-state index < -0.39 is 0 Å². The number of rotatable bonds is 5. The second-order valence-corrected chi connectivity index (χ2v) is 4.83. The highest BCUT2D eigenvalue weighted by atomic mass is 16.5. The number of anilines is 2. The summed E-state index contributed by atoms with van der Waals surface area (Å²) < 4.78 is 5.33. The van der Waals surface area contributed by atoms with Gasteiger partial charge in [0.05, 0.1) is 24.6 Å². The van der Waals surface area contributed by atoms with E-state index in [1.807, 2.05) is 12.1 Å². The monoisotopic (exact) mass is 249 g/mol. The SMILES string of the molecule is Cc1ccc(N)c(NCCCN2CCOCC2)c1. The molecule has 4 nitrogen and oxygen atoms in total. The van der Waals surface area contributed by atoms with Crippen LogP contribution in [0.15, 0.2) is 18.2 Å². The van der Waals surface area contributed by atoms with Crippen molar-refractivity contribution in [1.82, 2.24) is 4.90 Å². The second kappa shape index (κ2) is 6.61. The molecule has 0 radical (unpaired) electrons. The van der Waals surface area contributed by atoms with Gasteiger partial charge in [-0.25, -0.2) is 0 Å². The zero-order chi connectivity index (χ0) is 12.8. The molecular formula is C14H23N3O. The molecule has 3 N–H and O–H groups in total. The fourth-order valence-corrected chi connectivity index (χ4v) is 2.17. The van der Waals surface area contributed by atoms with Gasteiger partial charge in [0.25, 0.3) is 0 Å². The van der Waals surface area contributed by atoms with Crippen LogP contribution in [-0.4, -0.2) is 44.3 Å². The predicted octanol–water partition coefficient (Wildman–Crippen LogP) is 1.71. The van der Waals surface area contributed by atoms with Gasteiger partial charge in [0.15, 0.2) is 0 Å². The lowest BCUT2D eigenvalue weighted by Gasteiger charge is -2.26. The minimum atomic E-state index is 0.826. The van der Waals surface area contributed by atoms with E-state index >= 15 is 0 Å². The van der Waals surface area contributed by atoms with Gasteiger partial charge < -0.3 is 15.8 Å². The Morgan fingerprint density at radius 1 is 1.33 bits per heavy atom. The predicted molar refractivity (Wildman–Crippen MR) is 76.0 cm³/mol. The summed E-state index contributed by atoms with van der Waals surface area (Å²) in [5.74, 6) is 0. The number of nitrogens with one attached hydrogen (secondary N) is 1. The van der Waals surface area contributed by atoms with Crippen LogP contribution in [0.25, 0.3) is 0 Å². The third-order valence-corrected chi connectivity index (χ3v) is 3.28. The first kappa shape index (κ1) is 13.2. The highest BCUT2D eigenvalue weighted by molar-refractivity contribution is 5.66. The lowest BCUT2D eigenvalue weighted by Crippen LogP contribution is -2.37. The summed E-state index contributed by atoms with van der Waals surface area (Å²) in [5.41, 5.74) is 9.04. The smallest absolute Gasteiger partial charge is 0.0594 e. The summed E-state index contributed by atoms with van der Waals surface area (Å²) >= 11 is 0. The number of ether oxygens (including phenoxy) is 1. The first-order valence-corrected chi connectivity index (χ1v) is 6.66. The Kier molecular flexibility index (Phi) is 4.84. The first-order chi connectivity index (χ1) is 8.75. The standard InChI is InChI=1S/C14H23N3O/c1-12-3-4-13(15)14(11-12)16-5-2-6-17-7-9-18-10-8-17/h3-4,11,16H,2,5-10,15H2,1H3. The molecule has 0 spiro atoms. The van der Waals surface area contributed by atoms with Crippen molar-refractivity contribution < 1.29 is 4.74 Å². The van der Waals surface area contributed by atoms with Crippen LogP contribution in [-0.2, 0) is 4.74 Å². The Hall–Kier alpha value is -1.26. The number of morpholine rings is 1. The van der Waals surface area contributed by atoms with E-state index in [2.05, 4.69) is 23.2 Å². The summed E-state index contributed by atoms with van der Waals surface area (Å²) in [6, 6.07) is 6.10. The van der Waals surface area contributed by atoms with Crippen molar-refractivity contribution in [3.05, 3.63) is 23.8 Å². The average Bonchev–Trinajstić information content (AvgIpc) is 2.40. The average molecular weight is 249 g/mol. The third-order valence-electron chi connectivity index (χ3n) is 3.28. The Labute approximate surface area is 109 Å². The quantitative estimate of drug-likeness (QED) is 0.616. The molecule has 0 saturated carbocycles. The van der Waals surface area contributed by atoms with Crippen molar-refractivity contribution in [2.75, 3.05) is 50.4 Å². The van der Waals surface area contributed by atoms with Crippen molar-refractivity contribution in [1.29, 1.82) is 0 Å². The molecule has 1 fully saturated rings. The fraction of sp³-hybridized carbons (Fsp3) is 0.571. The van der Waals surface area contributed by atoms with E-state index in [0.717, 1.165) is 57.2 Å². The molecule has 1 saturated heterocycles. The van der Waals surface area contributed by atoms with Crippen molar-refractivity contribution >= 4 is 11.4 Å². The van der Waals surface area contributed by atoms with Crippen LogP contribution in [0.4, 0.5) is 11.4 Å². The number of nitrogens with two attached hydrogens (primary N) is 1. The number of nitrogen functional groups attached to an aromatic ring is 1. The molecule has 0 unspecified atom stereocenters.